The first-order valence-corrected chi connectivity index (χ1v) is 11.6. The maximum atomic E-state index is 13.5. The third kappa shape index (κ3) is 4.56. The number of hydrogen-bond donors (Lipinski definition) is 3. The highest BCUT2D eigenvalue weighted by molar-refractivity contribution is 6.01. The van der Waals surface area contributed by atoms with Gasteiger partial charge in [-0.1, -0.05) is 45.1 Å². The number of fused-ring (bicyclic) bond motifs is 1. The molecule has 0 unspecified atom stereocenters. The van der Waals surface area contributed by atoms with Gasteiger partial charge in [-0.25, -0.2) is 5.43 Å². The Morgan fingerprint density at radius 2 is 2.00 bits per heavy atom. The molecule has 3 N–H and O–H groups in total. The quantitative estimate of drug-likeness (QED) is 0.466. The molecule has 2 fully saturated rings. The first-order valence-electron chi connectivity index (χ1n) is 11.6. The summed E-state index contributed by atoms with van der Waals surface area (Å²) in [6.07, 6.45) is 7.89. The van der Waals surface area contributed by atoms with E-state index in [0.29, 0.717) is 30.6 Å². The lowest BCUT2D eigenvalue weighted by Gasteiger charge is -2.27. The van der Waals surface area contributed by atoms with Crippen LogP contribution in [-0.2, 0) is 4.79 Å². The Balaban J connectivity index is 1.57. The molecule has 2 atom stereocenters. The van der Waals surface area contributed by atoms with Crippen molar-refractivity contribution in [2.24, 2.45) is 11.8 Å². The molecule has 2 aliphatic rings. The Hall–Kier alpha value is -2.54. The predicted molar refractivity (Wildman–Crippen MR) is 121 cm³/mol. The molecule has 0 bridgehead atoms. The van der Waals surface area contributed by atoms with E-state index >= 15 is 0 Å². The van der Waals surface area contributed by atoms with Crippen LogP contribution >= 0.6 is 0 Å². The molecule has 1 saturated heterocycles. The minimum atomic E-state index is -0.447. The molecule has 2 aromatic rings. The van der Waals surface area contributed by atoms with E-state index in [2.05, 4.69) is 15.8 Å². The number of carbonyl (C=O) groups is 2. The van der Waals surface area contributed by atoms with E-state index in [-0.39, 0.29) is 11.8 Å². The zero-order valence-corrected chi connectivity index (χ0v) is 18.6. The van der Waals surface area contributed by atoms with Gasteiger partial charge >= 0.3 is 0 Å². The van der Waals surface area contributed by atoms with Crippen LogP contribution in [0.3, 0.4) is 0 Å². The van der Waals surface area contributed by atoms with E-state index < -0.39 is 6.04 Å². The summed E-state index contributed by atoms with van der Waals surface area (Å²) < 4.78 is 5.44. The highest BCUT2D eigenvalue weighted by Crippen LogP contribution is 2.38. The molecule has 1 aliphatic heterocycles. The fourth-order valence-electron chi connectivity index (χ4n) is 5.22. The number of rotatable bonds is 7. The van der Waals surface area contributed by atoms with Crippen molar-refractivity contribution in [2.45, 2.75) is 57.9 Å². The largest absolute Gasteiger partial charge is 0.496 e. The fourth-order valence-corrected chi connectivity index (χ4v) is 5.22. The number of aromatic nitrogens is 1. The number of nitrogens with zero attached hydrogens (tertiary/aromatic N) is 1. The normalized spacial score (nSPS) is 22.1. The van der Waals surface area contributed by atoms with Crippen LogP contribution in [0.15, 0.2) is 24.3 Å². The first kappa shape index (κ1) is 21.7. The van der Waals surface area contributed by atoms with E-state index in [0.717, 1.165) is 29.5 Å². The molecule has 2 amide bonds. The zero-order valence-electron chi connectivity index (χ0n) is 18.6. The van der Waals surface area contributed by atoms with Crippen LogP contribution < -0.4 is 15.6 Å². The van der Waals surface area contributed by atoms with Crippen molar-refractivity contribution >= 4 is 22.7 Å². The van der Waals surface area contributed by atoms with Crippen molar-refractivity contribution in [2.75, 3.05) is 20.2 Å². The fraction of sp³-hybridized carbons (Fsp3) is 0.583. The zero-order chi connectivity index (χ0) is 21.8. The molecule has 4 rings (SSSR count). The smallest absolute Gasteiger partial charge is 0.270 e. The molecule has 31 heavy (non-hydrogen) atoms. The number of hydrazine groups is 1. The van der Waals surface area contributed by atoms with E-state index in [1.54, 1.807) is 12.0 Å². The van der Waals surface area contributed by atoms with Crippen LogP contribution in [0.1, 0.15) is 62.4 Å². The number of hydrogen-bond acceptors (Lipinski definition) is 4. The summed E-state index contributed by atoms with van der Waals surface area (Å²) in [5.74, 6) is 1.48. The number of nitrogens with one attached hydrogen (secondary N) is 3. The Bertz CT molecular complexity index is 919. The van der Waals surface area contributed by atoms with Gasteiger partial charge in [0.1, 0.15) is 17.5 Å². The number of benzene rings is 1. The van der Waals surface area contributed by atoms with Gasteiger partial charge in [-0.3, -0.25) is 15.0 Å². The maximum absolute atomic E-state index is 13.5. The molecule has 7 nitrogen and oxygen atoms in total. The number of amides is 2. The maximum Gasteiger partial charge on any atom is 0.270 e. The number of ether oxygens (including phenoxy) is 1. The van der Waals surface area contributed by atoms with Crippen LogP contribution in [0, 0.1) is 11.8 Å². The van der Waals surface area contributed by atoms with Gasteiger partial charge in [-0.2, -0.15) is 0 Å². The van der Waals surface area contributed by atoms with Crippen molar-refractivity contribution in [3.05, 3.63) is 30.0 Å². The van der Waals surface area contributed by atoms with Crippen LogP contribution in [0.2, 0.25) is 0 Å². The van der Waals surface area contributed by atoms with E-state index in [9.17, 15) is 9.59 Å². The third-order valence-corrected chi connectivity index (χ3v) is 6.87. The van der Waals surface area contributed by atoms with Crippen molar-refractivity contribution in [3.8, 4) is 5.75 Å². The third-order valence-electron chi connectivity index (χ3n) is 6.87. The second-order valence-corrected chi connectivity index (χ2v) is 8.89. The van der Waals surface area contributed by atoms with E-state index in [1.807, 2.05) is 31.2 Å². The minimum absolute atomic E-state index is 0.117. The van der Waals surface area contributed by atoms with Gasteiger partial charge in [0.2, 0.25) is 0 Å². The first-order chi connectivity index (χ1) is 15.1. The van der Waals surface area contributed by atoms with Crippen LogP contribution in [0.4, 0.5) is 0 Å². The second-order valence-electron chi connectivity index (χ2n) is 8.89. The van der Waals surface area contributed by atoms with Gasteiger partial charge in [0, 0.05) is 24.0 Å². The van der Waals surface area contributed by atoms with E-state index in [1.165, 1.54) is 32.1 Å². The number of H-pyrrole nitrogens is 1. The summed E-state index contributed by atoms with van der Waals surface area (Å²) in [6, 6.07) is 7.11. The van der Waals surface area contributed by atoms with Crippen LogP contribution in [-0.4, -0.2) is 47.9 Å². The summed E-state index contributed by atoms with van der Waals surface area (Å²) in [6.45, 7) is 3.40. The van der Waals surface area contributed by atoms with Gasteiger partial charge in [0.05, 0.1) is 7.11 Å². The number of methoxy groups -OCH3 is 1. The Morgan fingerprint density at radius 1 is 1.19 bits per heavy atom. The van der Waals surface area contributed by atoms with Crippen LogP contribution in [0.25, 0.3) is 10.9 Å². The summed E-state index contributed by atoms with van der Waals surface area (Å²) in [7, 11) is 1.63. The van der Waals surface area contributed by atoms with Gasteiger partial charge in [0.25, 0.3) is 11.8 Å². The molecular formula is C24H34N4O3. The van der Waals surface area contributed by atoms with Gasteiger partial charge in [-0.15, -0.1) is 0 Å². The molecule has 0 spiro atoms. The number of carbonyl (C=O) groups excluding carboxylic acids is 2. The van der Waals surface area contributed by atoms with Gasteiger partial charge in [0.15, 0.2) is 0 Å². The summed E-state index contributed by atoms with van der Waals surface area (Å²) in [5, 5.41) is 0.877. The number of likely N-dealkylation sites (tertiary alicyclic amines) is 1. The molecule has 1 saturated carbocycles. The highest BCUT2D eigenvalue weighted by Gasteiger charge is 2.43. The Kier molecular flexibility index (Phi) is 6.80. The lowest BCUT2D eigenvalue weighted by molar-refractivity contribution is -0.125. The lowest BCUT2D eigenvalue weighted by Crippen LogP contribution is -2.50. The highest BCUT2D eigenvalue weighted by atomic mass is 16.5. The molecule has 168 valence electrons. The molecule has 7 heteroatoms. The minimum Gasteiger partial charge on any atom is -0.496 e. The van der Waals surface area contributed by atoms with Gasteiger partial charge in [-0.05, 0) is 42.9 Å². The molecule has 1 aliphatic carbocycles. The molecular weight excluding hydrogens is 392 g/mol. The second kappa shape index (κ2) is 9.73. The summed E-state index contributed by atoms with van der Waals surface area (Å²) in [4.78, 5) is 31.5. The van der Waals surface area contributed by atoms with Crippen molar-refractivity contribution in [3.63, 3.8) is 0 Å². The molecule has 2 heterocycles. The summed E-state index contributed by atoms with van der Waals surface area (Å²) in [5.41, 5.74) is 7.16. The summed E-state index contributed by atoms with van der Waals surface area (Å²) >= 11 is 0. The average Bonchev–Trinajstić information content (AvgIpc) is 3.44. The van der Waals surface area contributed by atoms with Crippen molar-refractivity contribution in [1.29, 1.82) is 0 Å². The predicted octanol–water partition coefficient (Wildman–Crippen LogP) is 3.62. The molecule has 1 aromatic carbocycles. The van der Waals surface area contributed by atoms with E-state index in [4.69, 9.17) is 4.74 Å². The van der Waals surface area contributed by atoms with Crippen LogP contribution in [0.5, 0.6) is 5.75 Å². The van der Waals surface area contributed by atoms with Crippen molar-refractivity contribution in [1.82, 2.24) is 20.7 Å². The monoisotopic (exact) mass is 426 g/mol. The lowest BCUT2D eigenvalue weighted by atomic mass is 9.79. The Labute approximate surface area is 183 Å². The topological polar surface area (TPSA) is 86.5 Å². The Morgan fingerprint density at radius 3 is 2.74 bits per heavy atom. The SMILES string of the molecule is CCCNNC(=O)[C@@H]1C[C@@H](C2CCCCC2)CN1C(=O)c1cc2c(OC)cccc2[nH]1. The average molecular weight is 427 g/mol. The van der Waals surface area contributed by atoms with Crippen molar-refractivity contribution < 1.29 is 14.3 Å². The molecule has 1 aromatic heterocycles. The molecule has 0 radical (unpaired) electrons. The standard InChI is InChI=1S/C24H34N4O3/c1-3-12-25-27-23(29)21-13-17(16-8-5-4-6-9-16)15-28(21)24(30)20-14-18-19(26-20)10-7-11-22(18)31-2/h7,10-11,14,16-17,21,25-26H,3-6,8-9,12-13,15H2,1-2H3,(H,27,29)/t17-,21+/m1/s1. The number of aromatic amines is 1. The van der Waals surface area contributed by atoms with Gasteiger partial charge < -0.3 is 14.6 Å².